The molecule has 2 heterocycles. The van der Waals surface area contributed by atoms with Crippen molar-refractivity contribution in [2.75, 3.05) is 19.6 Å². The zero-order chi connectivity index (χ0) is 26.6. The standard InChI is InChI=1S/C29H39N3O4S.ClH/c1-4-5-17-32-27(33)26(20-22(2)3)30-28(34)29(32)15-18-31(19-16-29)21-23-11-13-25(14-12-23)37(35,36)24-9-7-6-8-10-24;/h6-14,22,26H,4-5,15-21H2,1-3H3,(H,30,34);1H/t26-;/m0./s1. The summed E-state index contributed by atoms with van der Waals surface area (Å²) >= 11 is 0. The van der Waals surface area contributed by atoms with Gasteiger partial charge in [0.25, 0.3) is 0 Å². The molecule has 1 atom stereocenters. The molecule has 2 saturated heterocycles. The third-order valence-corrected chi connectivity index (χ3v) is 9.41. The number of piperidine rings is 1. The Hall–Kier alpha value is -2.42. The van der Waals surface area contributed by atoms with E-state index in [9.17, 15) is 18.0 Å². The van der Waals surface area contributed by atoms with E-state index in [0.717, 1.165) is 18.4 Å². The summed E-state index contributed by atoms with van der Waals surface area (Å²) in [6.45, 7) is 8.93. The maximum Gasteiger partial charge on any atom is 0.246 e. The van der Waals surface area contributed by atoms with Gasteiger partial charge in [-0.1, -0.05) is 57.5 Å². The van der Waals surface area contributed by atoms with Gasteiger partial charge in [0, 0.05) is 26.2 Å². The van der Waals surface area contributed by atoms with Crippen LogP contribution in [0.15, 0.2) is 64.4 Å². The van der Waals surface area contributed by atoms with Gasteiger partial charge in [-0.25, -0.2) is 8.42 Å². The van der Waals surface area contributed by atoms with Gasteiger partial charge in [0.05, 0.1) is 9.79 Å². The Morgan fingerprint density at radius 3 is 2.16 bits per heavy atom. The van der Waals surface area contributed by atoms with Gasteiger partial charge in [-0.05, 0) is 61.4 Å². The van der Waals surface area contributed by atoms with Crippen LogP contribution in [-0.2, 0) is 26.0 Å². The monoisotopic (exact) mass is 561 g/mol. The van der Waals surface area contributed by atoms with Crippen LogP contribution in [0.4, 0.5) is 0 Å². The number of likely N-dealkylation sites (tertiary alicyclic amines) is 1. The maximum atomic E-state index is 13.4. The summed E-state index contributed by atoms with van der Waals surface area (Å²) in [4.78, 5) is 31.6. The van der Waals surface area contributed by atoms with Crippen molar-refractivity contribution in [3.05, 3.63) is 60.2 Å². The Morgan fingerprint density at radius 1 is 0.974 bits per heavy atom. The second kappa shape index (κ2) is 12.6. The first-order valence-corrected chi connectivity index (χ1v) is 14.9. The van der Waals surface area contributed by atoms with Crippen LogP contribution in [0.25, 0.3) is 0 Å². The van der Waals surface area contributed by atoms with E-state index in [1.807, 2.05) is 17.0 Å². The first kappa shape index (κ1) is 30.1. The van der Waals surface area contributed by atoms with Crippen molar-refractivity contribution in [3.8, 4) is 0 Å². The van der Waals surface area contributed by atoms with E-state index < -0.39 is 21.4 Å². The van der Waals surface area contributed by atoms with Crippen LogP contribution < -0.4 is 5.32 Å². The van der Waals surface area contributed by atoms with Crippen LogP contribution in [0.2, 0.25) is 0 Å². The Kier molecular flexibility index (Phi) is 10.0. The van der Waals surface area contributed by atoms with Crippen molar-refractivity contribution in [3.63, 3.8) is 0 Å². The lowest BCUT2D eigenvalue weighted by molar-refractivity contribution is -0.161. The number of hydrogen-bond donors (Lipinski definition) is 1. The first-order chi connectivity index (χ1) is 17.7. The molecular weight excluding hydrogens is 522 g/mol. The first-order valence-electron chi connectivity index (χ1n) is 13.4. The smallest absolute Gasteiger partial charge is 0.246 e. The molecule has 0 aromatic heterocycles. The Morgan fingerprint density at radius 2 is 1.58 bits per heavy atom. The topological polar surface area (TPSA) is 86.8 Å². The SMILES string of the molecule is CCCCN1C(=O)[C@H](CC(C)C)NC(=O)C12CCN(Cc1ccc(S(=O)(=O)c3ccccc3)cc1)CC2.Cl. The van der Waals surface area contributed by atoms with Crippen LogP contribution >= 0.6 is 12.4 Å². The summed E-state index contributed by atoms with van der Waals surface area (Å²) < 4.78 is 25.7. The third-order valence-electron chi connectivity index (χ3n) is 7.63. The fraction of sp³-hybridized carbons (Fsp3) is 0.517. The summed E-state index contributed by atoms with van der Waals surface area (Å²) in [5.41, 5.74) is 0.246. The molecule has 0 aliphatic carbocycles. The predicted molar refractivity (Wildman–Crippen MR) is 151 cm³/mol. The number of piperazine rings is 1. The number of amides is 2. The molecule has 2 aliphatic heterocycles. The zero-order valence-electron chi connectivity index (χ0n) is 22.6. The average Bonchev–Trinajstić information content (AvgIpc) is 2.89. The van der Waals surface area contributed by atoms with E-state index >= 15 is 0 Å². The molecule has 9 heteroatoms. The van der Waals surface area contributed by atoms with Crippen LogP contribution in [-0.4, -0.2) is 61.2 Å². The second-order valence-electron chi connectivity index (χ2n) is 10.8. The largest absolute Gasteiger partial charge is 0.342 e. The molecule has 7 nitrogen and oxygen atoms in total. The molecule has 4 rings (SSSR count). The summed E-state index contributed by atoms with van der Waals surface area (Å²) in [7, 11) is -3.54. The molecular formula is C29H40ClN3O4S. The van der Waals surface area contributed by atoms with E-state index in [1.165, 1.54) is 0 Å². The highest BCUT2D eigenvalue weighted by Crippen LogP contribution is 2.35. The van der Waals surface area contributed by atoms with Crippen LogP contribution in [0.1, 0.15) is 58.4 Å². The molecule has 0 saturated carbocycles. The van der Waals surface area contributed by atoms with Crippen molar-refractivity contribution in [2.24, 2.45) is 5.92 Å². The van der Waals surface area contributed by atoms with Gasteiger partial charge in [-0.2, -0.15) is 0 Å². The number of halogens is 1. The van der Waals surface area contributed by atoms with Crippen molar-refractivity contribution in [1.29, 1.82) is 0 Å². The average molecular weight is 562 g/mol. The van der Waals surface area contributed by atoms with Gasteiger partial charge in [0.2, 0.25) is 21.7 Å². The van der Waals surface area contributed by atoms with Crippen LogP contribution in [0, 0.1) is 5.92 Å². The quantitative estimate of drug-likeness (QED) is 0.489. The van der Waals surface area contributed by atoms with Gasteiger partial charge in [0.1, 0.15) is 11.6 Å². The molecule has 2 aromatic rings. The van der Waals surface area contributed by atoms with Crippen molar-refractivity contribution < 1.29 is 18.0 Å². The molecule has 2 fully saturated rings. The highest BCUT2D eigenvalue weighted by atomic mass is 35.5. The minimum Gasteiger partial charge on any atom is -0.342 e. The van der Waals surface area contributed by atoms with E-state index in [-0.39, 0.29) is 34.0 Å². The van der Waals surface area contributed by atoms with Crippen LogP contribution in [0.5, 0.6) is 0 Å². The lowest BCUT2D eigenvalue weighted by Crippen LogP contribution is -2.73. The molecule has 1 N–H and O–H groups in total. The third kappa shape index (κ3) is 6.24. The molecule has 38 heavy (non-hydrogen) atoms. The molecule has 2 aliphatic rings. The zero-order valence-corrected chi connectivity index (χ0v) is 24.2. The van der Waals surface area contributed by atoms with Crippen molar-refractivity contribution in [1.82, 2.24) is 15.1 Å². The summed E-state index contributed by atoms with van der Waals surface area (Å²) in [6.07, 6.45) is 3.72. The van der Waals surface area contributed by atoms with Crippen molar-refractivity contribution in [2.45, 2.75) is 80.8 Å². The van der Waals surface area contributed by atoms with Gasteiger partial charge < -0.3 is 10.2 Å². The maximum absolute atomic E-state index is 13.4. The van der Waals surface area contributed by atoms with Gasteiger partial charge in [0.15, 0.2) is 0 Å². The number of carbonyl (C=O) groups is 2. The fourth-order valence-corrected chi connectivity index (χ4v) is 6.78. The number of hydrogen-bond acceptors (Lipinski definition) is 5. The van der Waals surface area contributed by atoms with E-state index in [1.54, 1.807) is 42.5 Å². The highest BCUT2D eigenvalue weighted by molar-refractivity contribution is 7.91. The molecule has 0 radical (unpaired) electrons. The van der Waals surface area contributed by atoms with Gasteiger partial charge in [-0.15, -0.1) is 12.4 Å². The Bertz CT molecular complexity index is 1190. The lowest BCUT2D eigenvalue weighted by Gasteiger charge is -2.52. The fourth-order valence-electron chi connectivity index (χ4n) is 5.49. The minimum atomic E-state index is -3.54. The summed E-state index contributed by atoms with van der Waals surface area (Å²) in [5, 5.41) is 3.06. The predicted octanol–water partition coefficient (Wildman–Crippen LogP) is 4.45. The lowest BCUT2D eigenvalue weighted by atomic mass is 9.80. The van der Waals surface area contributed by atoms with Gasteiger partial charge >= 0.3 is 0 Å². The summed E-state index contributed by atoms with van der Waals surface area (Å²) in [6, 6.07) is 15.1. The highest BCUT2D eigenvalue weighted by Gasteiger charge is 2.53. The molecule has 0 unspecified atom stereocenters. The van der Waals surface area contributed by atoms with Crippen LogP contribution in [0.3, 0.4) is 0 Å². The van der Waals surface area contributed by atoms with E-state index in [4.69, 9.17) is 0 Å². The molecule has 208 valence electrons. The number of sulfone groups is 1. The number of rotatable bonds is 9. The molecule has 1 spiro atoms. The normalized spacial score (nSPS) is 19.9. The van der Waals surface area contributed by atoms with E-state index in [0.29, 0.717) is 51.4 Å². The minimum absolute atomic E-state index is 0. The second-order valence-corrected chi connectivity index (χ2v) is 12.7. The summed E-state index contributed by atoms with van der Waals surface area (Å²) in [5.74, 6) is 0.377. The number of unbranched alkanes of at least 4 members (excludes halogenated alkanes) is 1. The Balaban J connectivity index is 0.00000400. The number of nitrogens with zero attached hydrogens (tertiary/aromatic N) is 2. The van der Waals surface area contributed by atoms with Gasteiger partial charge in [-0.3, -0.25) is 14.5 Å². The molecule has 0 bridgehead atoms. The van der Waals surface area contributed by atoms with E-state index in [2.05, 4.69) is 31.0 Å². The molecule has 2 amide bonds. The number of benzene rings is 2. The van der Waals surface area contributed by atoms with Crippen molar-refractivity contribution >= 4 is 34.1 Å². The number of carbonyl (C=O) groups excluding carboxylic acids is 2. The molecule has 2 aromatic carbocycles. The number of nitrogens with one attached hydrogen (secondary N) is 1. The Labute approximate surface area is 233 Å².